The molecule has 28 heavy (non-hydrogen) atoms. The van der Waals surface area contributed by atoms with Crippen molar-refractivity contribution < 1.29 is 9.53 Å². The first-order valence-corrected chi connectivity index (χ1v) is 10.3. The summed E-state index contributed by atoms with van der Waals surface area (Å²) in [5.74, 6) is 0.879. The Balaban J connectivity index is 1.62. The monoisotopic (exact) mass is 393 g/mol. The van der Waals surface area contributed by atoms with E-state index in [0.717, 1.165) is 58.3 Å². The van der Waals surface area contributed by atoms with E-state index in [4.69, 9.17) is 4.74 Å². The third-order valence-electron chi connectivity index (χ3n) is 5.16. The molecule has 0 unspecified atom stereocenters. The minimum Gasteiger partial charge on any atom is -0.497 e. The maximum Gasteiger partial charge on any atom is 0.266 e. The van der Waals surface area contributed by atoms with Crippen molar-refractivity contribution in [2.24, 2.45) is 0 Å². The van der Waals surface area contributed by atoms with Gasteiger partial charge in [-0.05, 0) is 62.1 Å². The number of hydrogen-bond donors (Lipinski definition) is 0. The highest BCUT2D eigenvalue weighted by atomic mass is 32.1. The molecular weight excluding hydrogens is 370 g/mol. The van der Waals surface area contributed by atoms with Crippen LogP contribution in [0.3, 0.4) is 0 Å². The number of hydrogen-bond acceptors (Lipinski definition) is 5. The highest BCUT2D eigenvalue weighted by molar-refractivity contribution is 7.17. The molecule has 3 heterocycles. The van der Waals surface area contributed by atoms with Crippen LogP contribution >= 0.6 is 11.3 Å². The molecule has 6 heteroatoms. The number of piperidine rings is 1. The van der Waals surface area contributed by atoms with Crippen LogP contribution in [0.4, 0.5) is 0 Å². The number of rotatable bonds is 4. The van der Waals surface area contributed by atoms with Crippen LogP contribution < -0.4 is 4.74 Å². The number of methoxy groups -OCH3 is 1. The summed E-state index contributed by atoms with van der Waals surface area (Å²) in [6.45, 7) is 2.69. The van der Waals surface area contributed by atoms with Crippen molar-refractivity contribution in [3.63, 3.8) is 0 Å². The standard InChI is InChI=1S/C22H23N3O2S/c1-15-20(28-21(24-15)16-8-10-18(27-2)11-9-16)22(26)25-13-4-3-7-19(25)17-6-5-12-23-14-17/h5-6,8-12,14,19H,3-4,7,13H2,1-2H3/t19-/m1/s1. The van der Waals surface area contributed by atoms with Gasteiger partial charge in [-0.2, -0.15) is 0 Å². The first kappa shape index (κ1) is 18.6. The number of pyridine rings is 1. The summed E-state index contributed by atoms with van der Waals surface area (Å²) < 4.78 is 5.22. The Bertz CT molecular complexity index is 954. The van der Waals surface area contributed by atoms with Crippen molar-refractivity contribution >= 4 is 17.2 Å². The Kier molecular flexibility index (Phi) is 5.39. The van der Waals surface area contributed by atoms with Gasteiger partial charge in [-0.15, -0.1) is 11.3 Å². The third-order valence-corrected chi connectivity index (χ3v) is 6.36. The van der Waals surface area contributed by atoms with Gasteiger partial charge in [0.25, 0.3) is 5.91 Å². The van der Waals surface area contributed by atoms with E-state index < -0.39 is 0 Å². The molecular formula is C22H23N3O2S. The minimum absolute atomic E-state index is 0.0725. The van der Waals surface area contributed by atoms with E-state index in [-0.39, 0.29) is 11.9 Å². The highest BCUT2D eigenvalue weighted by Crippen LogP contribution is 2.35. The van der Waals surface area contributed by atoms with Crippen molar-refractivity contribution in [2.45, 2.75) is 32.2 Å². The summed E-state index contributed by atoms with van der Waals surface area (Å²) in [5, 5.41) is 0.860. The fraction of sp³-hybridized carbons (Fsp3) is 0.318. The molecule has 0 aliphatic carbocycles. The zero-order valence-corrected chi connectivity index (χ0v) is 16.9. The number of likely N-dealkylation sites (tertiary alicyclic amines) is 1. The Morgan fingerprint density at radius 2 is 2.04 bits per heavy atom. The molecule has 1 aliphatic heterocycles. The molecule has 5 nitrogen and oxygen atoms in total. The van der Waals surface area contributed by atoms with Crippen molar-refractivity contribution in [1.82, 2.24) is 14.9 Å². The number of thiazole rings is 1. The second kappa shape index (κ2) is 8.10. The van der Waals surface area contributed by atoms with Gasteiger partial charge in [0.15, 0.2) is 0 Å². The zero-order valence-electron chi connectivity index (χ0n) is 16.1. The van der Waals surface area contributed by atoms with Crippen molar-refractivity contribution in [2.75, 3.05) is 13.7 Å². The number of aryl methyl sites for hydroxylation is 1. The van der Waals surface area contributed by atoms with Crippen LogP contribution in [0.2, 0.25) is 0 Å². The molecule has 2 aromatic heterocycles. The van der Waals surface area contributed by atoms with Crippen LogP contribution in [-0.4, -0.2) is 34.4 Å². The lowest BCUT2D eigenvalue weighted by Gasteiger charge is -2.35. The summed E-state index contributed by atoms with van der Waals surface area (Å²) in [5.41, 5.74) is 2.89. The topological polar surface area (TPSA) is 55.3 Å². The Morgan fingerprint density at radius 3 is 2.75 bits per heavy atom. The first-order valence-electron chi connectivity index (χ1n) is 9.50. The number of aromatic nitrogens is 2. The molecule has 0 saturated carbocycles. The predicted molar refractivity (Wildman–Crippen MR) is 111 cm³/mol. The first-order chi connectivity index (χ1) is 13.7. The van der Waals surface area contributed by atoms with Gasteiger partial charge in [-0.3, -0.25) is 9.78 Å². The van der Waals surface area contributed by atoms with Crippen molar-refractivity contribution in [3.8, 4) is 16.3 Å². The molecule has 3 aromatic rings. The molecule has 1 atom stereocenters. The second-order valence-electron chi connectivity index (χ2n) is 6.96. The zero-order chi connectivity index (χ0) is 19.5. The Morgan fingerprint density at radius 1 is 1.21 bits per heavy atom. The van der Waals surface area contributed by atoms with Crippen LogP contribution in [0.5, 0.6) is 5.75 Å². The molecule has 144 valence electrons. The quantitative estimate of drug-likeness (QED) is 0.633. The van der Waals surface area contributed by atoms with Gasteiger partial charge in [-0.1, -0.05) is 6.07 Å². The summed E-state index contributed by atoms with van der Waals surface area (Å²) in [6, 6.07) is 11.9. The number of carbonyl (C=O) groups is 1. The van der Waals surface area contributed by atoms with Crippen molar-refractivity contribution in [1.29, 1.82) is 0 Å². The lowest BCUT2D eigenvalue weighted by Crippen LogP contribution is -2.38. The van der Waals surface area contributed by atoms with Crippen LogP contribution in [0.1, 0.15) is 46.2 Å². The summed E-state index contributed by atoms with van der Waals surface area (Å²) in [6.07, 6.45) is 6.78. The maximum absolute atomic E-state index is 13.4. The fourth-order valence-corrected chi connectivity index (χ4v) is 4.70. The van der Waals surface area contributed by atoms with Gasteiger partial charge in [0.2, 0.25) is 0 Å². The van der Waals surface area contributed by atoms with E-state index in [9.17, 15) is 4.79 Å². The smallest absolute Gasteiger partial charge is 0.266 e. The fourth-order valence-electron chi connectivity index (χ4n) is 3.68. The number of amides is 1. The predicted octanol–water partition coefficient (Wildman–Crippen LogP) is 4.89. The van der Waals surface area contributed by atoms with Crippen LogP contribution in [0.15, 0.2) is 48.8 Å². The average Bonchev–Trinajstić information content (AvgIpc) is 3.15. The Hall–Kier alpha value is -2.73. The molecule has 1 aliphatic rings. The van der Waals surface area contributed by atoms with Gasteiger partial charge < -0.3 is 9.64 Å². The summed E-state index contributed by atoms with van der Waals surface area (Å²) in [7, 11) is 1.65. The summed E-state index contributed by atoms with van der Waals surface area (Å²) in [4.78, 5) is 25.0. The van der Waals surface area contributed by atoms with Gasteiger partial charge in [0, 0.05) is 24.5 Å². The molecule has 1 fully saturated rings. The van der Waals surface area contributed by atoms with Gasteiger partial charge >= 0.3 is 0 Å². The molecule has 1 amide bonds. The van der Waals surface area contributed by atoms with E-state index >= 15 is 0 Å². The van der Waals surface area contributed by atoms with E-state index in [2.05, 4.69) is 16.0 Å². The lowest BCUT2D eigenvalue weighted by molar-refractivity contribution is 0.0615. The third kappa shape index (κ3) is 3.64. The number of nitrogens with zero attached hydrogens (tertiary/aromatic N) is 3. The summed E-state index contributed by atoms with van der Waals surface area (Å²) >= 11 is 1.47. The lowest BCUT2D eigenvalue weighted by atomic mass is 9.96. The largest absolute Gasteiger partial charge is 0.497 e. The van der Waals surface area contributed by atoms with E-state index in [0.29, 0.717) is 0 Å². The van der Waals surface area contributed by atoms with Gasteiger partial charge in [0.1, 0.15) is 15.6 Å². The number of benzene rings is 1. The second-order valence-corrected chi connectivity index (χ2v) is 7.96. The molecule has 4 rings (SSSR count). The molecule has 0 spiro atoms. The van der Waals surface area contributed by atoms with Gasteiger partial charge in [-0.25, -0.2) is 4.98 Å². The maximum atomic E-state index is 13.4. The van der Waals surface area contributed by atoms with Crippen LogP contribution in [-0.2, 0) is 0 Å². The molecule has 0 radical (unpaired) electrons. The molecule has 1 aromatic carbocycles. The molecule has 0 N–H and O–H groups in total. The minimum atomic E-state index is 0.0725. The highest BCUT2D eigenvalue weighted by Gasteiger charge is 2.31. The average molecular weight is 394 g/mol. The Labute approximate surface area is 169 Å². The van der Waals surface area contributed by atoms with E-state index in [1.54, 1.807) is 13.3 Å². The number of ether oxygens (including phenoxy) is 1. The van der Waals surface area contributed by atoms with E-state index in [1.165, 1.54) is 11.3 Å². The van der Waals surface area contributed by atoms with Crippen LogP contribution in [0.25, 0.3) is 10.6 Å². The normalized spacial score (nSPS) is 16.8. The van der Waals surface area contributed by atoms with E-state index in [1.807, 2.05) is 48.4 Å². The molecule has 1 saturated heterocycles. The number of carbonyl (C=O) groups excluding carboxylic acids is 1. The SMILES string of the molecule is COc1ccc(-c2nc(C)c(C(=O)N3CCCC[C@@H]3c3cccnc3)s2)cc1. The van der Waals surface area contributed by atoms with Crippen molar-refractivity contribution in [3.05, 3.63) is 64.9 Å². The van der Waals surface area contributed by atoms with Crippen LogP contribution in [0, 0.1) is 6.92 Å². The molecule has 0 bridgehead atoms. The van der Waals surface area contributed by atoms with Gasteiger partial charge in [0.05, 0.1) is 18.8 Å².